The first-order chi connectivity index (χ1) is 11.5. The van der Waals surface area contributed by atoms with Gasteiger partial charge in [0.1, 0.15) is 5.15 Å². The third-order valence-corrected chi connectivity index (χ3v) is 4.36. The van der Waals surface area contributed by atoms with Crippen LogP contribution in [-0.2, 0) is 11.8 Å². The van der Waals surface area contributed by atoms with Crippen LogP contribution in [0.1, 0.15) is 37.4 Å². The molecular formula is C16H24ClN5O2. The number of nitrogens with zero attached hydrogens (tertiary/aromatic N) is 4. The van der Waals surface area contributed by atoms with Crippen LogP contribution in [0.25, 0.3) is 6.08 Å². The fraction of sp³-hybridized carbons (Fsp3) is 0.562. The summed E-state index contributed by atoms with van der Waals surface area (Å²) in [5.74, 6) is -0.238. The molecule has 1 aromatic heterocycles. The first-order valence-electron chi connectivity index (χ1n) is 8.19. The van der Waals surface area contributed by atoms with Gasteiger partial charge < -0.3 is 5.32 Å². The van der Waals surface area contributed by atoms with Gasteiger partial charge in [0.25, 0.3) is 5.91 Å². The first kappa shape index (κ1) is 18.3. The van der Waals surface area contributed by atoms with Gasteiger partial charge in [0.15, 0.2) is 0 Å². The van der Waals surface area contributed by atoms with Crippen molar-refractivity contribution >= 4 is 29.6 Å². The predicted octanol–water partition coefficient (Wildman–Crippen LogP) is 2.35. The van der Waals surface area contributed by atoms with E-state index in [-0.39, 0.29) is 11.9 Å². The Bertz CT molecular complexity index is 641. The van der Waals surface area contributed by atoms with Crippen molar-refractivity contribution in [2.45, 2.75) is 33.1 Å². The maximum Gasteiger partial charge on any atom is 0.336 e. The second-order valence-electron chi connectivity index (χ2n) is 5.77. The average Bonchev–Trinajstić information content (AvgIpc) is 3.12. The number of unbranched alkanes of at least 4 members (excludes halogenated alkanes) is 1. The molecule has 0 aromatic carbocycles. The van der Waals surface area contributed by atoms with E-state index >= 15 is 0 Å². The van der Waals surface area contributed by atoms with E-state index in [9.17, 15) is 9.59 Å². The van der Waals surface area contributed by atoms with E-state index in [1.807, 2.05) is 6.92 Å². The minimum atomic E-state index is -0.238. The van der Waals surface area contributed by atoms with Crippen molar-refractivity contribution in [3.8, 4) is 0 Å². The van der Waals surface area contributed by atoms with Crippen LogP contribution in [0.2, 0.25) is 5.15 Å². The average molecular weight is 354 g/mol. The van der Waals surface area contributed by atoms with Crippen molar-refractivity contribution in [3.63, 3.8) is 0 Å². The monoisotopic (exact) mass is 353 g/mol. The summed E-state index contributed by atoms with van der Waals surface area (Å²) in [7, 11) is 1.75. The minimum Gasteiger partial charge on any atom is -0.337 e. The Morgan fingerprint density at radius 3 is 2.67 bits per heavy atom. The largest absolute Gasteiger partial charge is 0.337 e. The van der Waals surface area contributed by atoms with Crippen LogP contribution >= 0.6 is 11.6 Å². The highest BCUT2D eigenvalue weighted by atomic mass is 35.5. The SMILES string of the molecule is CCCCNC(=O)N1CCCN1C(=O)C=Cc1c(C)nn(C)c1Cl. The van der Waals surface area contributed by atoms with Crippen LogP contribution in [-0.4, -0.2) is 51.4 Å². The quantitative estimate of drug-likeness (QED) is 0.652. The van der Waals surface area contributed by atoms with E-state index in [0.29, 0.717) is 30.4 Å². The van der Waals surface area contributed by atoms with E-state index in [2.05, 4.69) is 17.3 Å². The molecule has 7 nitrogen and oxygen atoms in total. The minimum absolute atomic E-state index is 0.224. The third-order valence-electron chi connectivity index (χ3n) is 3.92. The molecule has 1 saturated heterocycles. The number of carbonyl (C=O) groups excluding carboxylic acids is 2. The van der Waals surface area contributed by atoms with Crippen molar-refractivity contribution in [2.75, 3.05) is 19.6 Å². The Morgan fingerprint density at radius 2 is 2.04 bits per heavy atom. The van der Waals surface area contributed by atoms with Gasteiger partial charge in [0, 0.05) is 38.3 Å². The maximum absolute atomic E-state index is 12.4. The van der Waals surface area contributed by atoms with Crippen LogP contribution in [0.4, 0.5) is 4.79 Å². The van der Waals surface area contributed by atoms with Gasteiger partial charge in [-0.25, -0.2) is 14.8 Å². The lowest BCUT2D eigenvalue weighted by atomic mass is 10.2. The van der Waals surface area contributed by atoms with Crippen molar-refractivity contribution < 1.29 is 9.59 Å². The molecule has 1 aromatic rings. The Kier molecular flexibility index (Phi) is 6.25. The second-order valence-corrected chi connectivity index (χ2v) is 6.13. The van der Waals surface area contributed by atoms with Crippen molar-refractivity contribution in [1.82, 2.24) is 25.1 Å². The van der Waals surface area contributed by atoms with Crippen molar-refractivity contribution in [2.24, 2.45) is 7.05 Å². The summed E-state index contributed by atoms with van der Waals surface area (Å²) in [4.78, 5) is 24.6. The molecule has 0 bridgehead atoms. The van der Waals surface area contributed by atoms with Gasteiger partial charge in [-0.05, 0) is 25.8 Å². The van der Waals surface area contributed by atoms with Gasteiger partial charge >= 0.3 is 6.03 Å². The molecule has 0 radical (unpaired) electrons. The summed E-state index contributed by atoms with van der Waals surface area (Å²) >= 11 is 6.16. The molecule has 0 unspecified atom stereocenters. The standard InChI is InChI=1S/C16H24ClN5O2/c1-4-5-9-18-16(24)22-11-6-10-21(22)14(23)8-7-13-12(2)19-20(3)15(13)17/h7-8H,4-6,9-11H2,1-3H3,(H,18,24). The first-order valence-corrected chi connectivity index (χ1v) is 8.57. The van der Waals surface area contributed by atoms with Crippen LogP contribution in [0.15, 0.2) is 6.08 Å². The van der Waals surface area contributed by atoms with Crippen LogP contribution in [0.5, 0.6) is 0 Å². The van der Waals surface area contributed by atoms with Gasteiger partial charge in [-0.15, -0.1) is 0 Å². The number of halogens is 1. The molecular weight excluding hydrogens is 330 g/mol. The Hall–Kier alpha value is -2.02. The maximum atomic E-state index is 12.4. The lowest BCUT2D eigenvalue weighted by Gasteiger charge is -2.27. The van der Waals surface area contributed by atoms with Gasteiger partial charge in [0.05, 0.1) is 5.69 Å². The molecule has 0 aliphatic carbocycles. The molecule has 0 spiro atoms. The van der Waals surface area contributed by atoms with Crippen LogP contribution < -0.4 is 5.32 Å². The van der Waals surface area contributed by atoms with Crippen molar-refractivity contribution in [1.29, 1.82) is 0 Å². The summed E-state index contributed by atoms with van der Waals surface area (Å²) in [5.41, 5.74) is 1.47. The third kappa shape index (κ3) is 4.08. The summed E-state index contributed by atoms with van der Waals surface area (Å²) < 4.78 is 1.56. The number of aryl methyl sites for hydroxylation is 2. The number of amides is 3. The molecule has 3 amide bonds. The summed E-state index contributed by atoms with van der Waals surface area (Å²) in [6, 6.07) is -0.224. The van der Waals surface area contributed by atoms with E-state index in [1.54, 1.807) is 17.8 Å². The fourth-order valence-corrected chi connectivity index (χ4v) is 2.83. The van der Waals surface area contributed by atoms with Crippen LogP contribution in [0, 0.1) is 6.92 Å². The van der Waals surface area contributed by atoms with E-state index in [4.69, 9.17) is 11.6 Å². The van der Waals surface area contributed by atoms with Gasteiger partial charge in [-0.3, -0.25) is 9.48 Å². The zero-order chi connectivity index (χ0) is 17.7. The number of urea groups is 1. The molecule has 0 atom stereocenters. The van der Waals surface area contributed by atoms with E-state index in [1.165, 1.54) is 16.1 Å². The lowest BCUT2D eigenvalue weighted by molar-refractivity contribution is -0.134. The van der Waals surface area contributed by atoms with Crippen LogP contribution in [0.3, 0.4) is 0 Å². The molecule has 2 heterocycles. The number of hydrogen-bond acceptors (Lipinski definition) is 3. The molecule has 132 valence electrons. The predicted molar refractivity (Wildman–Crippen MR) is 93.3 cm³/mol. The highest BCUT2D eigenvalue weighted by Crippen LogP contribution is 2.20. The molecule has 1 aliphatic rings. The topological polar surface area (TPSA) is 70.5 Å². The Balaban J connectivity index is 2.02. The molecule has 1 fully saturated rings. The fourth-order valence-electron chi connectivity index (χ4n) is 2.59. The molecule has 2 rings (SSSR count). The molecule has 1 N–H and O–H groups in total. The second kappa shape index (κ2) is 8.19. The molecule has 24 heavy (non-hydrogen) atoms. The number of hydrogen-bond donors (Lipinski definition) is 1. The van der Waals surface area contributed by atoms with Crippen molar-refractivity contribution in [3.05, 3.63) is 22.5 Å². The highest BCUT2D eigenvalue weighted by Gasteiger charge is 2.29. The molecule has 1 aliphatic heterocycles. The van der Waals surface area contributed by atoms with Gasteiger partial charge in [-0.1, -0.05) is 24.9 Å². The number of hydrazine groups is 1. The molecule has 0 saturated carbocycles. The normalized spacial score (nSPS) is 14.7. The van der Waals surface area contributed by atoms with Gasteiger partial charge in [0.2, 0.25) is 0 Å². The summed E-state index contributed by atoms with van der Waals surface area (Å²) in [6.07, 6.45) is 5.79. The Morgan fingerprint density at radius 1 is 1.33 bits per heavy atom. The number of nitrogens with one attached hydrogen (secondary N) is 1. The van der Waals surface area contributed by atoms with Gasteiger partial charge in [-0.2, -0.15) is 5.10 Å². The summed E-state index contributed by atoms with van der Waals surface area (Å²) in [6.45, 7) is 5.59. The van der Waals surface area contributed by atoms with E-state index < -0.39 is 0 Å². The molecule has 8 heteroatoms. The summed E-state index contributed by atoms with van der Waals surface area (Å²) in [5, 5.41) is 10.5. The lowest BCUT2D eigenvalue weighted by Crippen LogP contribution is -2.48. The number of aromatic nitrogens is 2. The zero-order valence-electron chi connectivity index (χ0n) is 14.4. The number of rotatable bonds is 5. The number of carbonyl (C=O) groups is 2. The van der Waals surface area contributed by atoms with E-state index in [0.717, 1.165) is 25.0 Å². The zero-order valence-corrected chi connectivity index (χ0v) is 15.1. The smallest absolute Gasteiger partial charge is 0.336 e. The Labute approximate surface area is 147 Å². The highest BCUT2D eigenvalue weighted by molar-refractivity contribution is 6.31.